The Hall–Kier alpha value is -3.90. The van der Waals surface area contributed by atoms with E-state index in [1.807, 2.05) is 0 Å². The van der Waals surface area contributed by atoms with Crippen molar-refractivity contribution in [2.24, 2.45) is 11.7 Å². The Kier molecular flexibility index (Phi) is 7.14. The van der Waals surface area contributed by atoms with Crippen LogP contribution in [0.5, 0.6) is 5.75 Å². The maximum absolute atomic E-state index is 13.2. The molecular weight excluding hydrogens is 474 g/mol. The zero-order valence-electron chi connectivity index (χ0n) is 20.3. The number of hydrogen-bond acceptors (Lipinski definition) is 10. The van der Waals surface area contributed by atoms with Gasteiger partial charge in [-0.25, -0.2) is 4.79 Å². The van der Waals surface area contributed by atoms with Crippen LogP contribution in [0, 0.1) is 5.92 Å². The molecule has 0 bridgehead atoms. The lowest BCUT2D eigenvalue weighted by molar-refractivity contribution is -0.125. The minimum Gasteiger partial charge on any atom is -0.510 e. The first-order chi connectivity index (χ1) is 16.7. The molecule has 0 aromatic heterocycles. The van der Waals surface area contributed by atoms with Gasteiger partial charge in [0.2, 0.25) is 0 Å². The number of fused-ring (bicyclic) bond motifs is 2. The number of amides is 1. The molecule has 7 N–H and O–H groups in total. The fourth-order valence-corrected chi connectivity index (χ4v) is 5.03. The second-order valence-corrected chi connectivity index (χ2v) is 9.37. The molecule has 12 nitrogen and oxygen atoms in total. The third-order valence-electron chi connectivity index (χ3n) is 6.58. The summed E-state index contributed by atoms with van der Waals surface area (Å²) in [6.45, 7) is 0. The zero-order chi connectivity index (χ0) is 27.2. The fourth-order valence-electron chi connectivity index (χ4n) is 5.03. The van der Waals surface area contributed by atoms with Crippen LogP contribution < -0.4 is 10.6 Å². The summed E-state index contributed by atoms with van der Waals surface area (Å²) < 4.78 is 0. The van der Waals surface area contributed by atoms with Gasteiger partial charge in [0.15, 0.2) is 11.6 Å². The number of carbonyl (C=O) groups is 4. The van der Waals surface area contributed by atoms with Crippen LogP contribution in [0.2, 0.25) is 0 Å². The van der Waals surface area contributed by atoms with Crippen LogP contribution in [0.4, 0.5) is 5.69 Å². The number of Topliss-reactive ketones (excluding diaryl/α,β-unsaturated/α-hetero) is 2. The van der Waals surface area contributed by atoms with E-state index < -0.39 is 76.3 Å². The Labute approximate surface area is 206 Å². The highest BCUT2D eigenvalue weighted by Crippen LogP contribution is 2.46. The molecule has 0 saturated carbocycles. The van der Waals surface area contributed by atoms with Crippen LogP contribution in [0.15, 0.2) is 23.0 Å². The van der Waals surface area contributed by atoms with Gasteiger partial charge in [-0.3, -0.25) is 19.3 Å². The molecule has 2 aliphatic rings. The van der Waals surface area contributed by atoms with Gasteiger partial charge in [-0.05, 0) is 44.5 Å². The van der Waals surface area contributed by atoms with Crippen molar-refractivity contribution in [3.05, 3.63) is 39.7 Å². The van der Waals surface area contributed by atoms with Crippen molar-refractivity contribution in [2.45, 2.75) is 31.4 Å². The summed E-state index contributed by atoms with van der Waals surface area (Å²) in [5, 5.41) is 53.3. The van der Waals surface area contributed by atoms with Gasteiger partial charge < -0.3 is 36.2 Å². The van der Waals surface area contributed by atoms with Gasteiger partial charge in [0.25, 0.3) is 5.91 Å². The predicted octanol–water partition coefficient (Wildman–Crippen LogP) is 0.118. The number of benzene rings is 1. The Morgan fingerprint density at radius 3 is 2.17 bits per heavy atom. The Morgan fingerprint density at radius 1 is 1.06 bits per heavy atom. The Morgan fingerprint density at radius 2 is 1.67 bits per heavy atom. The number of nitrogens with two attached hydrogens (primary N) is 1. The van der Waals surface area contributed by atoms with Gasteiger partial charge in [0.05, 0.1) is 24.1 Å². The molecule has 2 aliphatic carbocycles. The number of carboxylic acids is 1. The summed E-state index contributed by atoms with van der Waals surface area (Å²) in [5.74, 6) is -7.85. The highest BCUT2D eigenvalue weighted by atomic mass is 16.4. The number of phenols is 1. The molecule has 1 aromatic carbocycles. The van der Waals surface area contributed by atoms with Gasteiger partial charge in [-0.2, -0.15) is 0 Å². The molecule has 36 heavy (non-hydrogen) atoms. The number of aromatic hydroxyl groups is 1. The number of carboxylic acid groups (broad SMARTS) is 1. The zero-order valence-corrected chi connectivity index (χ0v) is 20.3. The molecular formula is C24H29N3O9. The minimum absolute atomic E-state index is 0.00000905. The maximum atomic E-state index is 13.2. The van der Waals surface area contributed by atoms with E-state index in [1.165, 1.54) is 25.1 Å². The van der Waals surface area contributed by atoms with Crippen molar-refractivity contribution < 1.29 is 44.7 Å². The molecule has 0 aliphatic heterocycles. The quantitative estimate of drug-likeness (QED) is 0.241. The molecule has 12 heteroatoms. The largest absolute Gasteiger partial charge is 0.510 e. The van der Waals surface area contributed by atoms with Gasteiger partial charge in [-0.1, -0.05) is 0 Å². The highest BCUT2D eigenvalue weighted by Gasteiger charge is 2.42. The SMILES string of the molecule is CN(C)c1cc(C(=O)O)c(O)c2c1C[C@H]1C[C@H](O)[C@H](N(C)C)/C(O)=C(/C(N)=O)C(=O)CC(=O)C1=C2O. The van der Waals surface area contributed by atoms with E-state index in [-0.39, 0.29) is 24.0 Å². The number of anilines is 1. The average Bonchev–Trinajstić information content (AvgIpc) is 2.71. The maximum Gasteiger partial charge on any atom is 0.339 e. The summed E-state index contributed by atoms with van der Waals surface area (Å²) in [6, 6.07) is 0.0121. The highest BCUT2D eigenvalue weighted by molar-refractivity contribution is 6.25. The first-order valence-corrected chi connectivity index (χ1v) is 11.1. The minimum atomic E-state index is -1.46. The molecule has 3 rings (SSSR count). The normalized spacial score (nSPS) is 24.9. The van der Waals surface area contributed by atoms with E-state index in [2.05, 4.69) is 0 Å². The molecule has 0 fully saturated rings. The van der Waals surface area contributed by atoms with Crippen molar-refractivity contribution in [1.82, 2.24) is 4.90 Å². The molecule has 3 atom stereocenters. The number of allylic oxidation sites excluding steroid dienone is 1. The third-order valence-corrected chi connectivity index (χ3v) is 6.58. The number of ketones is 2. The number of aromatic carboxylic acids is 1. The number of rotatable bonds is 4. The van der Waals surface area contributed by atoms with Crippen LogP contribution in [0.3, 0.4) is 0 Å². The first kappa shape index (κ1) is 26.7. The molecule has 0 saturated heterocycles. The number of aliphatic hydroxyl groups excluding tert-OH is 3. The van der Waals surface area contributed by atoms with E-state index in [1.54, 1.807) is 19.0 Å². The number of aliphatic hydroxyl groups is 3. The summed E-state index contributed by atoms with van der Waals surface area (Å²) in [7, 11) is 6.28. The van der Waals surface area contributed by atoms with E-state index in [0.29, 0.717) is 11.3 Å². The summed E-state index contributed by atoms with van der Waals surface area (Å²) in [6.07, 6.45) is -2.53. The van der Waals surface area contributed by atoms with Crippen molar-refractivity contribution in [1.29, 1.82) is 0 Å². The molecule has 0 heterocycles. The van der Waals surface area contributed by atoms with Gasteiger partial charge in [0.1, 0.15) is 28.4 Å². The molecule has 194 valence electrons. The topological polar surface area (TPSA) is 202 Å². The first-order valence-electron chi connectivity index (χ1n) is 11.1. The lowest BCUT2D eigenvalue weighted by Crippen LogP contribution is -2.45. The number of carbonyl (C=O) groups excluding carboxylic acids is 3. The van der Waals surface area contributed by atoms with E-state index in [4.69, 9.17) is 5.73 Å². The summed E-state index contributed by atoms with van der Waals surface area (Å²) in [5.41, 5.74) is 4.13. The van der Waals surface area contributed by atoms with E-state index >= 15 is 0 Å². The lowest BCUT2D eigenvalue weighted by atomic mass is 9.74. The summed E-state index contributed by atoms with van der Waals surface area (Å²) in [4.78, 5) is 52.8. The van der Waals surface area contributed by atoms with Crippen LogP contribution in [-0.4, -0.2) is 94.2 Å². The van der Waals surface area contributed by atoms with Crippen molar-refractivity contribution >= 4 is 34.9 Å². The van der Waals surface area contributed by atoms with E-state index in [0.717, 1.165) is 0 Å². The van der Waals surface area contributed by atoms with Crippen LogP contribution in [0.1, 0.15) is 34.3 Å². The van der Waals surface area contributed by atoms with Gasteiger partial charge >= 0.3 is 5.97 Å². The summed E-state index contributed by atoms with van der Waals surface area (Å²) >= 11 is 0. The second-order valence-electron chi connectivity index (χ2n) is 9.37. The van der Waals surface area contributed by atoms with Crippen LogP contribution in [-0.2, 0) is 20.8 Å². The van der Waals surface area contributed by atoms with Crippen LogP contribution >= 0.6 is 0 Å². The number of nitrogens with zero attached hydrogens (tertiary/aromatic N) is 2. The molecule has 1 aromatic rings. The van der Waals surface area contributed by atoms with Gasteiger partial charge in [0, 0.05) is 25.4 Å². The number of hydrogen-bond donors (Lipinski definition) is 6. The number of primary amides is 1. The molecule has 1 amide bonds. The van der Waals surface area contributed by atoms with Crippen LogP contribution in [0.25, 0.3) is 5.76 Å². The molecule has 0 spiro atoms. The Balaban J connectivity index is 2.33. The average molecular weight is 504 g/mol. The predicted molar refractivity (Wildman–Crippen MR) is 128 cm³/mol. The lowest BCUT2D eigenvalue weighted by Gasteiger charge is -2.36. The monoisotopic (exact) mass is 503 g/mol. The number of likely N-dealkylation sites (N-methyl/N-ethyl adjacent to an activating group) is 1. The molecule has 0 radical (unpaired) electrons. The Bertz CT molecular complexity index is 1230. The van der Waals surface area contributed by atoms with Crippen molar-refractivity contribution in [2.75, 3.05) is 33.1 Å². The van der Waals surface area contributed by atoms with Crippen molar-refractivity contribution in [3.8, 4) is 5.75 Å². The van der Waals surface area contributed by atoms with Gasteiger partial charge in [-0.15, -0.1) is 0 Å². The smallest absolute Gasteiger partial charge is 0.339 e. The fraction of sp³-hybridized carbons (Fsp3) is 0.417. The third kappa shape index (κ3) is 4.40. The molecule has 0 unspecified atom stereocenters. The van der Waals surface area contributed by atoms with Crippen molar-refractivity contribution in [3.63, 3.8) is 0 Å². The van der Waals surface area contributed by atoms with E-state index in [9.17, 15) is 44.7 Å². The standard InChI is InChI=1S/C24H29N3O9/c1-26(2)12-7-11(24(35)36)20(31)17-10(12)5-9-6-15(30)19(27(3)4)22(33)18(23(25)34)14(29)8-13(28)16(9)21(17)32/h7,9,15,19,30-33H,5-6,8H2,1-4H3,(H2,25,34)(H,35,36)/b22-18-/t9-,15-,19-/m0/s1. The second kappa shape index (κ2) is 9.63.